The zero-order chi connectivity index (χ0) is 56.6. The average molecular weight is 1100 g/mol. The largest absolute Gasteiger partial charge is 0.490 e. The van der Waals surface area contributed by atoms with Crippen molar-refractivity contribution in [1.82, 2.24) is 9.97 Å². The number of benzene rings is 4. The standard InChI is InChI=1S/C68H92N2O10/c1-7-13-19-29-39-73-57-45-51(46-58(74-40-30-20-14-8-2)65(57)77-43-33-23-17-11-5)67(71)79-61-49-69-63(55-37-27-25-35-53(55)61)64-56-38-28-26-36-54(56)62(50-70-64)80-68(72)52-47-59(75-41-31-21-15-9-3)66(78-44-34-24-18-12-6)60(48-52)76-42-32-22-16-10-4/h25-28,35-38,45-50H,7-24,29-34,39-44H2,1-6H3. The Hall–Kier alpha value is -6.56. The summed E-state index contributed by atoms with van der Waals surface area (Å²) in [6.07, 6.45) is 28.2. The smallest absolute Gasteiger partial charge is 0.343 e. The van der Waals surface area contributed by atoms with Crippen LogP contribution in [0.25, 0.3) is 32.9 Å². The minimum Gasteiger partial charge on any atom is -0.490 e. The van der Waals surface area contributed by atoms with Gasteiger partial charge < -0.3 is 37.9 Å². The number of unbranched alkanes of at least 4 members (excludes halogenated alkanes) is 18. The van der Waals surface area contributed by atoms with E-state index < -0.39 is 11.9 Å². The Morgan fingerprint density at radius 1 is 0.325 bits per heavy atom. The zero-order valence-electron chi connectivity index (χ0n) is 49.3. The zero-order valence-corrected chi connectivity index (χ0v) is 49.3. The van der Waals surface area contributed by atoms with Crippen LogP contribution >= 0.6 is 0 Å². The number of nitrogens with zero attached hydrogens (tertiary/aromatic N) is 2. The van der Waals surface area contributed by atoms with Crippen molar-refractivity contribution >= 4 is 33.5 Å². The molecule has 6 aromatic rings. The number of esters is 2. The van der Waals surface area contributed by atoms with Crippen LogP contribution in [0.5, 0.6) is 46.0 Å². The van der Waals surface area contributed by atoms with Gasteiger partial charge in [0.15, 0.2) is 34.5 Å². The summed E-state index contributed by atoms with van der Waals surface area (Å²) < 4.78 is 51.1. The lowest BCUT2D eigenvalue weighted by molar-refractivity contribution is 0.0726. The van der Waals surface area contributed by atoms with E-state index in [1.807, 2.05) is 48.5 Å². The third-order valence-corrected chi connectivity index (χ3v) is 14.2. The number of fused-ring (bicyclic) bond motifs is 2. The van der Waals surface area contributed by atoms with Gasteiger partial charge in [-0.25, -0.2) is 9.59 Å². The monoisotopic (exact) mass is 1100 g/mol. The quantitative estimate of drug-likeness (QED) is 0.0267. The molecular formula is C68H92N2O10. The molecule has 0 saturated carbocycles. The van der Waals surface area contributed by atoms with Crippen molar-refractivity contribution in [3.63, 3.8) is 0 Å². The number of ether oxygens (including phenoxy) is 8. The molecule has 0 aliphatic rings. The lowest BCUT2D eigenvalue weighted by Gasteiger charge is -2.19. The Morgan fingerprint density at radius 2 is 0.588 bits per heavy atom. The van der Waals surface area contributed by atoms with Gasteiger partial charge in [-0.1, -0.05) is 206 Å². The Labute approximate surface area is 478 Å². The van der Waals surface area contributed by atoms with Gasteiger partial charge in [0.2, 0.25) is 11.5 Å². The van der Waals surface area contributed by atoms with E-state index in [-0.39, 0.29) is 22.6 Å². The summed E-state index contributed by atoms with van der Waals surface area (Å²) in [5, 5.41) is 2.77. The van der Waals surface area contributed by atoms with Gasteiger partial charge in [0, 0.05) is 21.5 Å². The van der Waals surface area contributed by atoms with Crippen molar-refractivity contribution in [1.29, 1.82) is 0 Å². The van der Waals surface area contributed by atoms with Gasteiger partial charge in [0.05, 0.1) is 74.5 Å². The van der Waals surface area contributed by atoms with Gasteiger partial charge in [0.1, 0.15) is 0 Å². The first-order chi connectivity index (χ1) is 39.3. The number of pyridine rings is 2. The normalized spacial score (nSPS) is 11.2. The van der Waals surface area contributed by atoms with E-state index in [0.717, 1.165) is 165 Å². The molecule has 2 aromatic heterocycles. The second-order valence-electron chi connectivity index (χ2n) is 20.9. The average Bonchev–Trinajstić information content (AvgIpc) is 3.59. The van der Waals surface area contributed by atoms with Crippen LogP contribution in [-0.4, -0.2) is 61.5 Å². The van der Waals surface area contributed by atoms with Crippen LogP contribution in [0.15, 0.2) is 85.2 Å². The molecule has 0 bridgehead atoms. The molecule has 2 heterocycles. The van der Waals surface area contributed by atoms with Crippen molar-refractivity contribution in [3.05, 3.63) is 96.3 Å². The van der Waals surface area contributed by atoms with Crippen molar-refractivity contribution in [2.75, 3.05) is 39.6 Å². The Kier molecular flexibility index (Phi) is 28.1. The summed E-state index contributed by atoms with van der Waals surface area (Å²) in [5.41, 5.74) is 1.69. The van der Waals surface area contributed by atoms with Crippen LogP contribution in [0, 0.1) is 0 Å². The summed E-state index contributed by atoms with van der Waals surface area (Å²) >= 11 is 0. The molecule has 0 spiro atoms. The minimum absolute atomic E-state index is 0.279. The fraction of sp³-hybridized carbons (Fsp3) is 0.529. The van der Waals surface area contributed by atoms with Crippen LogP contribution in [0.1, 0.15) is 216 Å². The molecule has 0 aliphatic carbocycles. The molecule has 0 aliphatic heterocycles. The number of carbonyl (C=O) groups is 2. The molecule has 80 heavy (non-hydrogen) atoms. The first kappa shape index (κ1) is 62.6. The van der Waals surface area contributed by atoms with E-state index in [1.165, 1.54) is 0 Å². The fourth-order valence-electron chi connectivity index (χ4n) is 9.54. The molecule has 0 fully saturated rings. The predicted octanol–water partition coefficient (Wildman–Crippen LogP) is 18.6. The molecule has 434 valence electrons. The van der Waals surface area contributed by atoms with Crippen molar-refractivity contribution < 1.29 is 47.5 Å². The van der Waals surface area contributed by atoms with E-state index in [0.29, 0.717) is 96.3 Å². The second-order valence-corrected chi connectivity index (χ2v) is 20.9. The number of carbonyl (C=O) groups excluding carboxylic acids is 2. The molecule has 12 nitrogen and oxygen atoms in total. The number of hydrogen-bond donors (Lipinski definition) is 0. The molecule has 6 rings (SSSR count). The van der Waals surface area contributed by atoms with Gasteiger partial charge in [0.25, 0.3) is 0 Å². The highest BCUT2D eigenvalue weighted by atomic mass is 16.6. The summed E-state index contributed by atoms with van der Waals surface area (Å²) in [5.74, 6) is 2.32. The minimum atomic E-state index is -0.582. The highest BCUT2D eigenvalue weighted by Crippen LogP contribution is 2.43. The van der Waals surface area contributed by atoms with Crippen LogP contribution in [-0.2, 0) is 0 Å². The molecular weight excluding hydrogens is 1000 g/mol. The van der Waals surface area contributed by atoms with Crippen LogP contribution in [0.3, 0.4) is 0 Å². The fourth-order valence-corrected chi connectivity index (χ4v) is 9.54. The van der Waals surface area contributed by atoms with Crippen LogP contribution in [0.2, 0.25) is 0 Å². The van der Waals surface area contributed by atoms with Gasteiger partial charge in [-0.15, -0.1) is 0 Å². The Bertz CT molecular complexity index is 2540. The summed E-state index contributed by atoms with van der Waals surface area (Å²) in [6.45, 7) is 16.1. The molecule has 0 atom stereocenters. The topological polar surface area (TPSA) is 134 Å². The maximum Gasteiger partial charge on any atom is 0.343 e. The molecule has 0 unspecified atom stereocenters. The molecule has 0 N–H and O–H groups in total. The van der Waals surface area contributed by atoms with E-state index >= 15 is 0 Å². The van der Waals surface area contributed by atoms with Crippen molar-refractivity contribution in [2.24, 2.45) is 0 Å². The van der Waals surface area contributed by atoms with Crippen LogP contribution in [0.4, 0.5) is 0 Å². The Balaban J connectivity index is 1.30. The number of hydrogen-bond acceptors (Lipinski definition) is 12. The highest BCUT2D eigenvalue weighted by molar-refractivity contribution is 6.07. The third kappa shape index (κ3) is 19.3. The van der Waals surface area contributed by atoms with E-state index in [9.17, 15) is 9.59 Å². The maximum atomic E-state index is 14.4. The highest BCUT2D eigenvalue weighted by Gasteiger charge is 2.25. The summed E-state index contributed by atoms with van der Waals surface area (Å²) in [7, 11) is 0. The van der Waals surface area contributed by atoms with Gasteiger partial charge >= 0.3 is 11.9 Å². The maximum absolute atomic E-state index is 14.4. The first-order valence-corrected chi connectivity index (χ1v) is 30.7. The summed E-state index contributed by atoms with van der Waals surface area (Å²) in [6, 6.07) is 22.2. The lowest BCUT2D eigenvalue weighted by Crippen LogP contribution is -2.12. The van der Waals surface area contributed by atoms with Crippen molar-refractivity contribution in [3.8, 4) is 57.4 Å². The number of aromatic nitrogens is 2. The second kappa shape index (κ2) is 35.9. The molecule has 4 aromatic carbocycles. The molecule has 12 heteroatoms. The number of rotatable bonds is 41. The van der Waals surface area contributed by atoms with Crippen molar-refractivity contribution in [2.45, 2.75) is 196 Å². The molecule has 0 amide bonds. The lowest BCUT2D eigenvalue weighted by atomic mass is 10.0. The summed E-state index contributed by atoms with van der Waals surface area (Å²) in [4.78, 5) is 38.7. The van der Waals surface area contributed by atoms with Gasteiger partial charge in [-0.3, -0.25) is 9.97 Å². The molecule has 0 radical (unpaired) electrons. The van der Waals surface area contributed by atoms with E-state index in [4.69, 9.17) is 47.9 Å². The SMILES string of the molecule is CCCCCCOc1cc(C(=O)Oc2cnc(-c3ncc(OC(=O)c4cc(OCCCCCC)c(OCCCCCC)c(OCCCCCC)c4)c4ccccc34)c3ccccc23)cc(OCCCCCC)c1OCCCCCC. The van der Waals surface area contributed by atoms with Gasteiger partial charge in [-0.2, -0.15) is 0 Å². The van der Waals surface area contributed by atoms with Gasteiger partial charge in [-0.05, 0) is 62.8 Å². The van der Waals surface area contributed by atoms with E-state index in [1.54, 1.807) is 36.7 Å². The van der Waals surface area contributed by atoms with E-state index in [2.05, 4.69) is 41.5 Å². The third-order valence-electron chi connectivity index (χ3n) is 14.2. The van der Waals surface area contributed by atoms with Crippen LogP contribution < -0.4 is 37.9 Å². The predicted molar refractivity (Wildman–Crippen MR) is 323 cm³/mol. The molecule has 0 saturated heterocycles. The first-order valence-electron chi connectivity index (χ1n) is 30.7. The Morgan fingerprint density at radius 3 is 0.863 bits per heavy atom.